The van der Waals surface area contributed by atoms with Gasteiger partial charge in [0.25, 0.3) is 0 Å². The van der Waals surface area contributed by atoms with Crippen LogP contribution in [0.2, 0.25) is 0 Å². The number of carbonyl (C=O) groups is 1. The summed E-state index contributed by atoms with van der Waals surface area (Å²) in [6.45, 7) is 0. The number of aromatic hydroxyl groups is 1. The molecule has 2 aromatic rings. The lowest BCUT2D eigenvalue weighted by molar-refractivity contribution is 0.104. The van der Waals surface area contributed by atoms with E-state index in [-0.39, 0.29) is 11.5 Å². The van der Waals surface area contributed by atoms with Crippen molar-refractivity contribution in [1.82, 2.24) is 0 Å². The summed E-state index contributed by atoms with van der Waals surface area (Å²) in [6, 6.07) is 11.1. The average molecular weight is 412 g/mol. The number of allylic oxidation sites excluding steroid dienone is 1. The van der Waals surface area contributed by atoms with Crippen molar-refractivity contribution in [2.24, 2.45) is 0 Å². The minimum absolute atomic E-state index is 0.0471. The number of phenols is 1. The van der Waals surface area contributed by atoms with E-state index in [0.717, 1.165) is 16.0 Å². The van der Waals surface area contributed by atoms with Crippen LogP contribution in [-0.2, 0) is 0 Å². The summed E-state index contributed by atoms with van der Waals surface area (Å²) in [4.78, 5) is 14.0. The molecule has 0 radical (unpaired) electrons. The molecule has 0 bridgehead atoms. The fourth-order valence-electron chi connectivity index (χ4n) is 1.96. The predicted octanol–water partition coefficient (Wildman–Crippen LogP) is 5.25. The molecule has 0 saturated carbocycles. The van der Waals surface area contributed by atoms with E-state index < -0.39 is 0 Å². The molecular weight excluding hydrogens is 404 g/mol. The number of Topliss-reactive ketones (excluding diaryl/α,β-unsaturated/α-hetero) is 1. The molecule has 0 saturated heterocycles. The van der Waals surface area contributed by atoms with Crippen LogP contribution in [0.25, 0.3) is 6.08 Å². The maximum atomic E-state index is 12.3. The Hall–Kier alpha value is -1.04. The summed E-state index contributed by atoms with van der Waals surface area (Å²) in [5.74, 6) is 0.201. The Balaban J connectivity index is 2.02. The molecule has 0 unspecified atom stereocenters. The predicted molar refractivity (Wildman–Crippen MR) is 88.1 cm³/mol. The van der Waals surface area contributed by atoms with Crippen molar-refractivity contribution in [1.29, 1.82) is 0 Å². The van der Waals surface area contributed by atoms with Gasteiger partial charge < -0.3 is 5.11 Å². The molecule has 0 amide bonds. The van der Waals surface area contributed by atoms with Gasteiger partial charge in [-0.2, -0.15) is 0 Å². The van der Waals surface area contributed by atoms with Crippen LogP contribution >= 0.6 is 43.6 Å². The van der Waals surface area contributed by atoms with Crippen molar-refractivity contribution in [3.8, 4) is 5.75 Å². The number of thioether (sulfide) groups is 1. The van der Waals surface area contributed by atoms with Crippen LogP contribution in [0.15, 0.2) is 55.1 Å². The van der Waals surface area contributed by atoms with Crippen LogP contribution in [-0.4, -0.2) is 10.9 Å². The fourth-order valence-corrected chi connectivity index (χ4v) is 4.23. The van der Waals surface area contributed by atoms with Gasteiger partial charge in [0.1, 0.15) is 5.75 Å². The monoisotopic (exact) mass is 410 g/mol. The highest BCUT2D eigenvalue weighted by Crippen LogP contribution is 2.41. The Bertz CT molecular complexity index is 730. The molecule has 20 heavy (non-hydrogen) atoms. The molecule has 5 heteroatoms. The minimum atomic E-state index is 0.0471. The number of hydrogen-bond donors (Lipinski definition) is 1. The van der Waals surface area contributed by atoms with Crippen LogP contribution in [0, 0.1) is 0 Å². The molecule has 0 fully saturated rings. The second kappa shape index (κ2) is 5.39. The number of benzene rings is 2. The lowest BCUT2D eigenvalue weighted by atomic mass is 10.1. The molecule has 1 aliphatic rings. The van der Waals surface area contributed by atoms with Crippen LogP contribution < -0.4 is 0 Å². The third-order valence-electron chi connectivity index (χ3n) is 2.91. The van der Waals surface area contributed by atoms with Crippen LogP contribution in [0.4, 0.5) is 0 Å². The van der Waals surface area contributed by atoms with E-state index >= 15 is 0 Å². The summed E-state index contributed by atoms with van der Waals surface area (Å²) in [5.41, 5.74) is 1.60. The van der Waals surface area contributed by atoms with E-state index in [4.69, 9.17) is 0 Å². The third-order valence-corrected chi connectivity index (χ3v) is 5.22. The Morgan fingerprint density at radius 2 is 1.75 bits per heavy atom. The molecule has 2 nitrogen and oxygen atoms in total. The van der Waals surface area contributed by atoms with E-state index in [2.05, 4.69) is 31.9 Å². The molecular formula is C15H8Br2O2S. The number of rotatable bonds is 1. The van der Waals surface area contributed by atoms with E-state index in [0.29, 0.717) is 13.9 Å². The molecule has 1 heterocycles. The first-order valence-corrected chi connectivity index (χ1v) is 8.18. The maximum Gasteiger partial charge on any atom is 0.200 e. The number of carbonyl (C=O) groups excluding carboxylic acids is 1. The molecule has 100 valence electrons. The van der Waals surface area contributed by atoms with Gasteiger partial charge in [-0.25, -0.2) is 0 Å². The lowest BCUT2D eigenvalue weighted by Gasteiger charge is -2.03. The van der Waals surface area contributed by atoms with Crippen LogP contribution in [0.1, 0.15) is 15.9 Å². The van der Waals surface area contributed by atoms with Crippen molar-refractivity contribution in [3.05, 3.63) is 61.4 Å². The number of ketones is 1. The molecule has 0 atom stereocenters. The van der Waals surface area contributed by atoms with Gasteiger partial charge in [-0.15, -0.1) is 0 Å². The van der Waals surface area contributed by atoms with E-state index in [1.54, 1.807) is 12.1 Å². The minimum Gasteiger partial charge on any atom is -0.506 e. The van der Waals surface area contributed by atoms with Crippen molar-refractivity contribution in [2.45, 2.75) is 4.90 Å². The van der Waals surface area contributed by atoms with Crippen LogP contribution in [0.3, 0.4) is 0 Å². The summed E-state index contributed by atoms with van der Waals surface area (Å²) >= 11 is 8.05. The lowest BCUT2D eigenvalue weighted by Crippen LogP contribution is -1.93. The quantitative estimate of drug-likeness (QED) is 0.651. The topological polar surface area (TPSA) is 37.3 Å². The number of hydrogen-bond acceptors (Lipinski definition) is 3. The van der Waals surface area contributed by atoms with E-state index in [1.165, 1.54) is 11.8 Å². The van der Waals surface area contributed by atoms with Gasteiger partial charge in [-0.05, 0) is 67.8 Å². The molecule has 3 rings (SSSR count). The first kappa shape index (κ1) is 13.9. The summed E-state index contributed by atoms with van der Waals surface area (Å²) < 4.78 is 1.18. The molecule has 0 aliphatic carbocycles. The first-order valence-electron chi connectivity index (χ1n) is 5.77. The van der Waals surface area contributed by atoms with Crippen LogP contribution in [0.5, 0.6) is 5.75 Å². The van der Waals surface area contributed by atoms with Crippen molar-refractivity contribution < 1.29 is 9.90 Å². The summed E-state index contributed by atoms with van der Waals surface area (Å²) in [6.07, 6.45) is 1.84. The van der Waals surface area contributed by atoms with Gasteiger partial charge in [0.2, 0.25) is 5.78 Å². The smallest absolute Gasteiger partial charge is 0.200 e. The van der Waals surface area contributed by atoms with E-state index in [9.17, 15) is 9.90 Å². The average Bonchev–Trinajstić information content (AvgIpc) is 2.73. The largest absolute Gasteiger partial charge is 0.506 e. The second-order valence-electron chi connectivity index (χ2n) is 4.27. The summed E-state index contributed by atoms with van der Waals surface area (Å²) in [7, 11) is 0. The zero-order valence-electron chi connectivity index (χ0n) is 10.1. The highest BCUT2D eigenvalue weighted by Gasteiger charge is 2.25. The highest BCUT2D eigenvalue weighted by molar-refractivity contribution is 9.11. The highest BCUT2D eigenvalue weighted by atomic mass is 79.9. The Labute approximate surface area is 137 Å². The zero-order valence-corrected chi connectivity index (χ0v) is 14.0. The van der Waals surface area contributed by atoms with E-state index in [1.807, 2.05) is 30.3 Å². The number of fused-ring (bicyclic) bond motifs is 1. The van der Waals surface area contributed by atoms with Gasteiger partial charge in [0.15, 0.2) is 0 Å². The first-order chi connectivity index (χ1) is 9.56. The van der Waals surface area contributed by atoms with Gasteiger partial charge in [0, 0.05) is 10.5 Å². The normalized spacial score (nSPS) is 15.7. The van der Waals surface area contributed by atoms with Gasteiger partial charge >= 0.3 is 0 Å². The second-order valence-corrected chi connectivity index (χ2v) is 7.06. The van der Waals surface area contributed by atoms with Gasteiger partial charge in [0.05, 0.1) is 13.9 Å². The SMILES string of the molecule is O=C1/C(=C/c2cc(Br)c(O)c(Br)c2)Sc2ccccc21. The van der Waals surface area contributed by atoms with Crippen molar-refractivity contribution >= 4 is 55.5 Å². The molecule has 1 N–H and O–H groups in total. The standard InChI is InChI=1S/C15H8Br2O2S/c16-10-5-8(6-11(17)15(10)19)7-13-14(18)9-3-1-2-4-12(9)20-13/h1-7,19H/b13-7-. The fraction of sp³-hybridized carbons (Fsp3) is 0. The van der Waals surface area contributed by atoms with Gasteiger partial charge in [-0.1, -0.05) is 23.9 Å². The Morgan fingerprint density at radius 1 is 1.10 bits per heavy atom. The molecule has 1 aliphatic heterocycles. The van der Waals surface area contributed by atoms with Gasteiger partial charge in [-0.3, -0.25) is 4.79 Å². The van der Waals surface area contributed by atoms with Crippen molar-refractivity contribution in [3.63, 3.8) is 0 Å². The zero-order chi connectivity index (χ0) is 14.3. The number of halogens is 2. The third kappa shape index (κ3) is 2.45. The maximum absolute atomic E-state index is 12.3. The molecule has 0 aromatic heterocycles. The Morgan fingerprint density at radius 3 is 2.40 bits per heavy atom. The number of phenolic OH excluding ortho intramolecular Hbond substituents is 1. The van der Waals surface area contributed by atoms with Crippen molar-refractivity contribution in [2.75, 3.05) is 0 Å². The molecule has 0 spiro atoms. The Kier molecular flexibility index (Phi) is 3.75. The molecule has 2 aromatic carbocycles. The summed E-state index contributed by atoms with van der Waals surface area (Å²) in [5, 5.41) is 9.70.